The average Bonchev–Trinajstić information content (AvgIpc) is 2.60. The number of piperazine rings is 1. The lowest BCUT2D eigenvalue weighted by Crippen LogP contribution is -2.51. The summed E-state index contributed by atoms with van der Waals surface area (Å²) < 4.78 is 5.39. The third kappa shape index (κ3) is 6.33. The highest BCUT2D eigenvalue weighted by Gasteiger charge is 2.27. The number of nitrogens with zero attached hydrogens (tertiary/aromatic N) is 2. The molecule has 0 saturated carbocycles. The molecule has 0 atom stereocenters. The van der Waals surface area contributed by atoms with E-state index in [1.165, 1.54) is 0 Å². The van der Waals surface area contributed by atoms with E-state index in [4.69, 9.17) is 4.74 Å². The second kappa shape index (κ2) is 9.45. The third-order valence-electron chi connectivity index (χ3n) is 4.72. The quantitative estimate of drug-likeness (QED) is 0.777. The normalized spacial score (nSPS) is 16.9. The Hall–Kier alpha value is -2.32. The van der Waals surface area contributed by atoms with Crippen molar-refractivity contribution in [3.8, 4) is 0 Å². The van der Waals surface area contributed by atoms with E-state index in [0.29, 0.717) is 39.0 Å². The van der Waals surface area contributed by atoms with Crippen molar-refractivity contribution in [1.29, 1.82) is 0 Å². The summed E-state index contributed by atoms with van der Waals surface area (Å²) in [5, 5.41) is 5.80. The predicted molar refractivity (Wildman–Crippen MR) is 114 cm³/mol. The maximum absolute atomic E-state index is 12.5. The van der Waals surface area contributed by atoms with Crippen molar-refractivity contribution < 1.29 is 19.1 Å². The lowest BCUT2D eigenvalue weighted by atomic mass is 10.0. The van der Waals surface area contributed by atoms with Crippen molar-refractivity contribution in [2.24, 2.45) is 0 Å². The summed E-state index contributed by atoms with van der Waals surface area (Å²) in [4.78, 5) is 39.8. The second-order valence-electron chi connectivity index (χ2n) is 8.17. The lowest BCUT2D eigenvalue weighted by Gasteiger charge is -2.35. The first-order valence-electron chi connectivity index (χ1n) is 9.63. The summed E-state index contributed by atoms with van der Waals surface area (Å²) >= 11 is 0. The van der Waals surface area contributed by atoms with Crippen LogP contribution in [0.2, 0.25) is 0 Å². The fourth-order valence-electron chi connectivity index (χ4n) is 3.35. The number of halogens is 1. The van der Waals surface area contributed by atoms with Gasteiger partial charge in [-0.05, 0) is 44.9 Å². The van der Waals surface area contributed by atoms with E-state index in [9.17, 15) is 14.4 Å². The van der Waals surface area contributed by atoms with Crippen LogP contribution in [0.25, 0.3) is 0 Å². The molecule has 2 N–H and O–H groups in total. The topological polar surface area (TPSA) is 91.0 Å². The molecule has 0 bridgehead atoms. The minimum Gasteiger partial charge on any atom is -0.444 e. The van der Waals surface area contributed by atoms with Crippen LogP contribution in [0.4, 0.5) is 16.2 Å². The molecule has 1 saturated heterocycles. The van der Waals surface area contributed by atoms with Gasteiger partial charge in [-0.1, -0.05) is 6.07 Å². The number of amides is 3. The van der Waals surface area contributed by atoms with E-state index in [1.54, 1.807) is 4.90 Å². The molecule has 2 aliphatic rings. The Balaban J connectivity index is 0.00000300. The van der Waals surface area contributed by atoms with Crippen LogP contribution in [-0.4, -0.2) is 66.0 Å². The van der Waals surface area contributed by atoms with Gasteiger partial charge in [-0.3, -0.25) is 14.5 Å². The largest absolute Gasteiger partial charge is 0.444 e. The van der Waals surface area contributed by atoms with Crippen molar-refractivity contribution in [2.75, 3.05) is 43.4 Å². The number of rotatable bonds is 3. The van der Waals surface area contributed by atoms with Crippen LogP contribution in [0.1, 0.15) is 32.8 Å². The highest BCUT2D eigenvalue weighted by atomic mass is 35.5. The van der Waals surface area contributed by atoms with Gasteiger partial charge in [-0.2, -0.15) is 0 Å². The van der Waals surface area contributed by atoms with E-state index < -0.39 is 5.60 Å². The Morgan fingerprint density at radius 2 is 1.83 bits per heavy atom. The van der Waals surface area contributed by atoms with Gasteiger partial charge in [-0.15, -0.1) is 12.4 Å². The maximum Gasteiger partial charge on any atom is 0.410 e. The molecule has 0 aromatic heterocycles. The van der Waals surface area contributed by atoms with Crippen molar-refractivity contribution >= 4 is 41.7 Å². The van der Waals surface area contributed by atoms with Gasteiger partial charge in [0.05, 0.1) is 6.54 Å². The minimum atomic E-state index is -0.512. The van der Waals surface area contributed by atoms with Gasteiger partial charge in [0.25, 0.3) is 0 Å². The van der Waals surface area contributed by atoms with Gasteiger partial charge in [0.1, 0.15) is 5.60 Å². The molecule has 160 valence electrons. The minimum absolute atomic E-state index is 0. The summed E-state index contributed by atoms with van der Waals surface area (Å²) in [6, 6.07) is 5.52. The van der Waals surface area contributed by atoms with Crippen LogP contribution in [0, 0.1) is 0 Å². The molecule has 3 amide bonds. The fourth-order valence-corrected chi connectivity index (χ4v) is 3.35. The zero-order chi connectivity index (χ0) is 20.3. The molecule has 1 aromatic carbocycles. The second-order valence-corrected chi connectivity index (χ2v) is 8.17. The molecule has 3 rings (SSSR count). The Bertz CT molecular complexity index is 770. The first-order valence-corrected chi connectivity index (χ1v) is 9.63. The Morgan fingerprint density at radius 1 is 1.14 bits per heavy atom. The van der Waals surface area contributed by atoms with E-state index in [2.05, 4.69) is 10.6 Å². The molecule has 2 heterocycles. The van der Waals surface area contributed by atoms with Crippen LogP contribution in [-0.2, 0) is 20.7 Å². The van der Waals surface area contributed by atoms with Gasteiger partial charge < -0.3 is 20.3 Å². The SMILES string of the molecule is CC(C)(C)OC(=O)N1CCN(CC(=O)Nc2cccc3c2CCC(=O)N3)CC1.Cl. The van der Waals surface area contributed by atoms with Gasteiger partial charge in [-0.25, -0.2) is 4.79 Å². The molecule has 2 aliphatic heterocycles. The third-order valence-corrected chi connectivity index (χ3v) is 4.72. The average molecular weight is 425 g/mol. The number of carbonyl (C=O) groups excluding carboxylic acids is 3. The van der Waals surface area contributed by atoms with E-state index in [1.807, 2.05) is 43.9 Å². The molecule has 0 radical (unpaired) electrons. The molecular weight excluding hydrogens is 396 g/mol. The summed E-state index contributed by atoms with van der Waals surface area (Å²) in [5.74, 6) is -0.102. The Labute approximate surface area is 177 Å². The molecule has 29 heavy (non-hydrogen) atoms. The first kappa shape index (κ1) is 23.0. The van der Waals surface area contributed by atoms with Gasteiger partial charge in [0, 0.05) is 44.0 Å². The first-order chi connectivity index (χ1) is 13.2. The number of hydrogen-bond donors (Lipinski definition) is 2. The summed E-state index contributed by atoms with van der Waals surface area (Å²) in [5.41, 5.74) is 1.96. The lowest BCUT2D eigenvalue weighted by molar-refractivity contribution is -0.118. The summed E-state index contributed by atoms with van der Waals surface area (Å²) in [6.07, 6.45) is 0.730. The number of carbonyl (C=O) groups is 3. The van der Waals surface area contributed by atoms with Gasteiger partial charge in [0.15, 0.2) is 0 Å². The van der Waals surface area contributed by atoms with E-state index in [-0.39, 0.29) is 36.9 Å². The summed E-state index contributed by atoms with van der Waals surface area (Å²) in [7, 11) is 0. The number of anilines is 2. The van der Waals surface area contributed by atoms with Crippen molar-refractivity contribution in [3.63, 3.8) is 0 Å². The fraction of sp³-hybridized carbons (Fsp3) is 0.550. The van der Waals surface area contributed by atoms with Gasteiger partial charge >= 0.3 is 6.09 Å². The monoisotopic (exact) mass is 424 g/mol. The number of nitrogens with one attached hydrogen (secondary N) is 2. The van der Waals surface area contributed by atoms with Crippen LogP contribution in [0.15, 0.2) is 18.2 Å². The number of fused-ring (bicyclic) bond motifs is 1. The van der Waals surface area contributed by atoms with Crippen molar-refractivity contribution in [1.82, 2.24) is 9.80 Å². The highest BCUT2D eigenvalue weighted by molar-refractivity contribution is 5.98. The number of benzene rings is 1. The molecular formula is C20H29ClN4O4. The van der Waals surface area contributed by atoms with Crippen LogP contribution < -0.4 is 10.6 Å². The number of hydrogen-bond acceptors (Lipinski definition) is 5. The van der Waals surface area contributed by atoms with Gasteiger partial charge in [0.2, 0.25) is 11.8 Å². The van der Waals surface area contributed by atoms with Crippen LogP contribution >= 0.6 is 12.4 Å². The Kier molecular flexibility index (Phi) is 7.48. The molecule has 8 nitrogen and oxygen atoms in total. The smallest absolute Gasteiger partial charge is 0.410 e. The van der Waals surface area contributed by atoms with E-state index in [0.717, 1.165) is 16.9 Å². The number of ether oxygens (including phenoxy) is 1. The zero-order valence-electron chi connectivity index (χ0n) is 17.1. The molecule has 0 unspecified atom stereocenters. The predicted octanol–water partition coefficient (Wildman–Crippen LogP) is 2.48. The van der Waals surface area contributed by atoms with E-state index >= 15 is 0 Å². The highest BCUT2D eigenvalue weighted by Crippen LogP contribution is 2.29. The molecule has 9 heteroatoms. The van der Waals surface area contributed by atoms with Crippen molar-refractivity contribution in [3.05, 3.63) is 23.8 Å². The summed E-state index contributed by atoms with van der Waals surface area (Å²) in [6.45, 7) is 8.12. The zero-order valence-corrected chi connectivity index (χ0v) is 17.9. The van der Waals surface area contributed by atoms with Crippen LogP contribution in [0.5, 0.6) is 0 Å². The molecule has 1 aromatic rings. The molecule has 0 aliphatic carbocycles. The van der Waals surface area contributed by atoms with Crippen LogP contribution in [0.3, 0.4) is 0 Å². The van der Waals surface area contributed by atoms with Crippen molar-refractivity contribution in [2.45, 2.75) is 39.2 Å². The maximum atomic E-state index is 12.5. The Morgan fingerprint density at radius 3 is 2.48 bits per heavy atom. The standard InChI is InChI=1S/C20H28N4O4.ClH/c1-20(2,3)28-19(27)24-11-9-23(10-12-24)13-18(26)22-16-6-4-5-15-14(16)7-8-17(25)21-15;/h4-6H,7-13H2,1-3H3,(H,21,25)(H,22,26);1H. The molecule has 0 spiro atoms. The molecule has 1 fully saturated rings.